The number of nitrogen functional groups attached to an aromatic ring is 1. The molecule has 28 heavy (non-hydrogen) atoms. The van der Waals surface area contributed by atoms with Crippen molar-refractivity contribution in [2.45, 2.75) is 18.8 Å². The van der Waals surface area contributed by atoms with E-state index in [1.54, 1.807) is 12.3 Å². The summed E-state index contributed by atoms with van der Waals surface area (Å²) in [7, 11) is 3.41. The lowest BCUT2D eigenvalue weighted by atomic mass is 9.95. The van der Waals surface area contributed by atoms with Crippen molar-refractivity contribution in [3.63, 3.8) is 0 Å². The van der Waals surface area contributed by atoms with Crippen LogP contribution in [0.1, 0.15) is 24.6 Å². The van der Waals surface area contributed by atoms with E-state index in [2.05, 4.69) is 30.0 Å². The highest BCUT2D eigenvalue weighted by Gasteiger charge is 2.27. The number of halogens is 1. The van der Waals surface area contributed by atoms with Gasteiger partial charge in [0, 0.05) is 49.6 Å². The minimum atomic E-state index is -0.525. The summed E-state index contributed by atoms with van der Waals surface area (Å²) in [5.74, 6) is 1.83. The number of ether oxygens (including phenoxy) is 1. The Balaban J connectivity index is 1.60. The Morgan fingerprint density at radius 2 is 1.93 bits per heavy atom. The predicted molar refractivity (Wildman–Crippen MR) is 101 cm³/mol. The quantitative estimate of drug-likeness (QED) is 0.678. The Hall–Kier alpha value is -3.30. The van der Waals surface area contributed by atoms with Crippen molar-refractivity contribution in [3.8, 4) is 17.1 Å². The molecular weight excluding hydrogens is 363 g/mol. The van der Waals surface area contributed by atoms with Crippen LogP contribution in [0.4, 0.5) is 16.2 Å². The molecule has 9 nitrogen and oxygen atoms in total. The van der Waals surface area contributed by atoms with E-state index in [-0.39, 0.29) is 11.9 Å². The summed E-state index contributed by atoms with van der Waals surface area (Å²) >= 11 is 0. The van der Waals surface area contributed by atoms with Crippen LogP contribution < -0.4 is 15.4 Å². The van der Waals surface area contributed by atoms with Gasteiger partial charge in [-0.2, -0.15) is 9.37 Å². The number of nitrogens with two attached hydrogens (primary N) is 1. The molecule has 4 rings (SSSR count). The Kier molecular flexibility index (Phi) is 4.76. The second kappa shape index (κ2) is 7.37. The molecule has 146 valence electrons. The number of nitrogens with zero attached hydrogens (tertiary/aromatic N) is 7. The molecule has 0 unspecified atom stereocenters. The molecule has 0 aliphatic carbocycles. The average molecular weight is 384 g/mol. The van der Waals surface area contributed by atoms with Gasteiger partial charge in [0.2, 0.25) is 11.9 Å². The molecule has 3 aromatic rings. The molecule has 0 amide bonds. The average Bonchev–Trinajstić information content (AvgIpc) is 3.07. The maximum atomic E-state index is 13.2. The van der Waals surface area contributed by atoms with Crippen molar-refractivity contribution < 1.29 is 9.13 Å². The van der Waals surface area contributed by atoms with E-state index in [4.69, 9.17) is 10.5 Å². The first-order valence-corrected chi connectivity index (χ1v) is 8.99. The highest BCUT2D eigenvalue weighted by molar-refractivity contribution is 5.75. The molecule has 2 N–H and O–H groups in total. The highest BCUT2D eigenvalue weighted by Crippen LogP contribution is 2.34. The molecule has 0 bridgehead atoms. The zero-order chi connectivity index (χ0) is 19.7. The number of piperidine rings is 1. The molecule has 1 saturated heterocycles. The lowest BCUT2D eigenvalue weighted by Gasteiger charge is -2.33. The summed E-state index contributed by atoms with van der Waals surface area (Å²) < 4.78 is 20.3. The van der Waals surface area contributed by atoms with Crippen LogP contribution in [-0.2, 0) is 7.05 Å². The second-order valence-corrected chi connectivity index (χ2v) is 6.70. The van der Waals surface area contributed by atoms with Gasteiger partial charge < -0.3 is 19.9 Å². The van der Waals surface area contributed by atoms with Gasteiger partial charge in [0.15, 0.2) is 0 Å². The van der Waals surface area contributed by atoms with Crippen molar-refractivity contribution in [1.82, 2.24) is 29.7 Å². The molecule has 0 spiro atoms. The van der Waals surface area contributed by atoms with Crippen molar-refractivity contribution in [2.24, 2.45) is 7.05 Å². The fraction of sp³-hybridized carbons (Fsp3) is 0.389. The van der Waals surface area contributed by atoms with Gasteiger partial charge in [0.1, 0.15) is 11.6 Å². The van der Waals surface area contributed by atoms with E-state index in [0.717, 1.165) is 48.7 Å². The molecule has 10 heteroatoms. The maximum Gasteiger partial charge on any atom is 0.318 e. The third kappa shape index (κ3) is 3.32. The monoisotopic (exact) mass is 384 g/mol. The summed E-state index contributed by atoms with van der Waals surface area (Å²) in [5.41, 5.74) is 7.35. The lowest BCUT2D eigenvalue weighted by Crippen LogP contribution is -2.34. The normalized spacial score (nSPS) is 15.0. The Morgan fingerprint density at radius 1 is 1.14 bits per heavy atom. The number of anilines is 2. The van der Waals surface area contributed by atoms with Crippen molar-refractivity contribution in [1.29, 1.82) is 0 Å². The van der Waals surface area contributed by atoms with E-state index in [1.807, 2.05) is 11.6 Å². The second-order valence-electron chi connectivity index (χ2n) is 6.70. The number of aromatic nitrogens is 6. The molecule has 1 aliphatic rings. The number of rotatable bonds is 4. The largest absolute Gasteiger partial charge is 0.467 e. The molecule has 0 saturated carbocycles. The van der Waals surface area contributed by atoms with Crippen LogP contribution in [0.2, 0.25) is 0 Å². The van der Waals surface area contributed by atoms with E-state index in [9.17, 15) is 4.39 Å². The van der Waals surface area contributed by atoms with Gasteiger partial charge in [-0.3, -0.25) is 0 Å². The van der Waals surface area contributed by atoms with Crippen LogP contribution in [0.15, 0.2) is 24.5 Å². The fourth-order valence-corrected chi connectivity index (χ4v) is 3.49. The van der Waals surface area contributed by atoms with E-state index in [0.29, 0.717) is 5.95 Å². The van der Waals surface area contributed by atoms with Gasteiger partial charge >= 0.3 is 6.01 Å². The third-order valence-electron chi connectivity index (χ3n) is 5.07. The highest BCUT2D eigenvalue weighted by atomic mass is 19.1. The maximum absolute atomic E-state index is 13.2. The molecule has 1 fully saturated rings. The van der Waals surface area contributed by atoms with E-state index in [1.165, 1.54) is 19.4 Å². The lowest BCUT2D eigenvalue weighted by molar-refractivity contribution is 0.379. The van der Waals surface area contributed by atoms with Crippen LogP contribution in [-0.4, -0.2) is 49.9 Å². The standard InChI is InChI=1S/C18H21FN8O/c1-26-15(24-25-17(26)20)11-5-7-27(8-6-11)16-13(10-22-18(23-16)28-2)12-3-4-14(19)21-9-12/h3-4,9-11H,5-8H2,1-2H3,(H2,20,25). The van der Waals surface area contributed by atoms with E-state index < -0.39 is 5.95 Å². The van der Waals surface area contributed by atoms with Crippen LogP contribution >= 0.6 is 0 Å². The summed E-state index contributed by atoms with van der Waals surface area (Å²) in [6.07, 6.45) is 4.95. The van der Waals surface area contributed by atoms with Gasteiger partial charge in [0.25, 0.3) is 0 Å². The number of methoxy groups -OCH3 is 1. The Bertz CT molecular complexity index is 966. The van der Waals surface area contributed by atoms with Gasteiger partial charge in [-0.05, 0) is 25.0 Å². The summed E-state index contributed by atoms with van der Waals surface area (Å²) in [4.78, 5) is 14.7. The molecule has 4 heterocycles. The van der Waals surface area contributed by atoms with Crippen LogP contribution in [0.5, 0.6) is 6.01 Å². The van der Waals surface area contributed by atoms with Gasteiger partial charge in [-0.15, -0.1) is 10.2 Å². The van der Waals surface area contributed by atoms with Gasteiger partial charge in [-0.25, -0.2) is 9.97 Å². The first-order chi connectivity index (χ1) is 13.6. The summed E-state index contributed by atoms with van der Waals surface area (Å²) in [6, 6.07) is 3.29. The smallest absolute Gasteiger partial charge is 0.318 e. The molecule has 0 aromatic carbocycles. The minimum Gasteiger partial charge on any atom is -0.467 e. The number of hydrogen-bond donors (Lipinski definition) is 1. The fourth-order valence-electron chi connectivity index (χ4n) is 3.49. The predicted octanol–water partition coefficient (Wildman–Crippen LogP) is 1.78. The molecular formula is C18H21FN8O. The Labute approximate surface area is 161 Å². The first kappa shape index (κ1) is 18.1. The summed E-state index contributed by atoms with van der Waals surface area (Å²) in [6.45, 7) is 1.55. The van der Waals surface area contributed by atoms with Crippen LogP contribution in [0.3, 0.4) is 0 Å². The van der Waals surface area contributed by atoms with Crippen molar-refractivity contribution in [3.05, 3.63) is 36.3 Å². The van der Waals surface area contributed by atoms with Crippen LogP contribution in [0.25, 0.3) is 11.1 Å². The molecule has 0 radical (unpaired) electrons. The minimum absolute atomic E-state index is 0.283. The third-order valence-corrected chi connectivity index (χ3v) is 5.07. The van der Waals surface area contributed by atoms with Gasteiger partial charge in [0.05, 0.1) is 7.11 Å². The zero-order valence-corrected chi connectivity index (χ0v) is 15.7. The van der Waals surface area contributed by atoms with E-state index >= 15 is 0 Å². The van der Waals surface area contributed by atoms with Crippen LogP contribution in [0, 0.1) is 5.95 Å². The number of hydrogen-bond acceptors (Lipinski definition) is 8. The molecule has 3 aromatic heterocycles. The number of pyridine rings is 1. The zero-order valence-electron chi connectivity index (χ0n) is 15.7. The SMILES string of the molecule is COc1ncc(-c2ccc(F)nc2)c(N2CCC(c3nnc(N)n3C)CC2)n1. The summed E-state index contributed by atoms with van der Waals surface area (Å²) in [5, 5.41) is 8.17. The molecule has 0 atom stereocenters. The topological polar surface area (TPSA) is 108 Å². The molecule has 1 aliphatic heterocycles. The Morgan fingerprint density at radius 3 is 2.54 bits per heavy atom. The first-order valence-electron chi connectivity index (χ1n) is 8.99. The van der Waals surface area contributed by atoms with Crippen molar-refractivity contribution >= 4 is 11.8 Å². The van der Waals surface area contributed by atoms with Crippen molar-refractivity contribution in [2.75, 3.05) is 30.8 Å². The van der Waals surface area contributed by atoms with Gasteiger partial charge in [-0.1, -0.05) is 0 Å².